The van der Waals surface area contributed by atoms with Crippen LogP contribution in [0.15, 0.2) is 6.07 Å². The van der Waals surface area contributed by atoms with E-state index in [9.17, 15) is 28.1 Å². The van der Waals surface area contributed by atoms with Crippen molar-refractivity contribution in [1.82, 2.24) is 0 Å². The van der Waals surface area contributed by atoms with Crippen molar-refractivity contribution in [2.24, 2.45) is 5.92 Å². The van der Waals surface area contributed by atoms with Crippen LogP contribution in [0.3, 0.4) is 0 Å². The van der Waals surface area contributed by atoms with Crippen molar-refractivity contribution in [2.45, 2.75) is 25.9 Å². The highest BCUT2D eigenvalue weighted by molar-refractivity contribution is 7.18. The fraction of sp³-hybridized carbons (Fsp3) is 0.583. The van der Waals surface area contributed by atoms with E-state index in [2.05, 4.69) is 0 Å². The number of Topliss-reactive ketones (excluding diaryl/α,β-unsaturated/α-hetero) is 1. The SMILES string of the molecule is CC(=O)c1cc([N+](=O)[O-])c(N2CCC(C(F)(F)F)CC2)s1. The molecule has 1 aliphatic heterocycles. The molecule has 0 saturated carbocycles. The molecule has 0 amide bonds. The summed E-state index contributed by atoms with van der Waals surface area (Å²) in [6, 6.07) is 1.19. The maximum Gasteiger partial charge on any atom is 0.391 e. The van der Waals surface area contributed by atoms with Gasteiger partial charge in [-0.2, -0.15) is 13.2 Å². The minimum absolute atomic E-state index is 0.0893. The molecular weight excluding hydrogens is 309 g/mol. The first-order valence-corrected chi connectivity index (χ1v) is 7.12. The Bertz CT molecular complexity index is 563. The highest BCUT2D eigenvalue weighted by Gasteiger charge is 2.42. The third-order valence-corrected chi connectivity index (χ3v) is 4.77. The number of rotatable bonds is 3. The Morgan fingerprint density at radius 3 is 2.43 bits per heavy atom. The van der Waals surface area contributed by atoms with Gasteiger partial charge in [0.15, 0.2) is 10.8 Å². The van der Waals surface area contributed by atoms with Gasteiger partial charge in [0.1, 0.15) is 0 Å². The predicted molar refractivity (Wildman–Crippen MR) is 72.0 cm³/mol. The van der Waals surface area contributed by atoms with Crippen molar-refractivity contribution in [3.05, 3.63) is 21.1 Å². The van der Waals surface area contributed by atoms with Gasteiger partial charge in [-0.05, 0) is 19.8 Å². The van der Waals surface area contributed by atoms with Crippen LogP contribution in [0.4, 0.5) is 23.9 Å². The topological polar surface area (TPSA) is 63.4 Å². The van der Waals surface area contributed by atoms with Crippen LogP contribution in [0, 0.1) is 16.0 Å². The van der Waals surface area contributed by atoms with Gasteiger partial charge in [-0.15, -0.1) is 11.3 Å². The second-order valence-corrected chi connectivity index (χ2v) is 5.95. The number of hydrogen-bond donors (Lipinski definition) is 0. The third kappa shape index (κ3) is 3.34. The number of nitro groups is 1. The maximum atomic E-state index is 12.6. The van der Waals surface area contributed by atoms with Gasteiger partial charge in [-0.3, -0.25) is 14.9 Å². The number of alkyl halides is 3. The van der Waals surface area contributed by atoms with Crippen LogP contribution < -0.4 is 4.90 Å². The van der Waals surface area contributed by atoms with Crippen LogP contribution in [0.1, 0.15) is 29.4 Å². The number of nitrogens with zero attached hydrogens (tertiary/aromatic N) is 2. The van der Waals surface area contributed by atoms with Gasteiger partial charge in [-0.1, -0.05) is 0 Å². The number of hydrogen-bond acceptors (Lipinski definition) is 5. The van der Waals surface area contributed by atoms with Crippen LogP contribution in [-0.2, 0) is 0 Å². The van der Waals surface area contributed by atoms with Crippen molar-refractivity contribution in [3.8, 4) is 0 Å². The maximum absolute atomic E-state index is 12.6. The lowest BCUT2D eigenvalue weighted by Gasteiger charge is -2.33. The molecule has 0 atom stereocenters. The Hall–Kier alpha value is -1.64. The highest BCUT2D eigenvalue weighted by atomic mass is 32.1. The molecule has 0 unspecified atom stereocenters. The summed E-state index contributed by atoms with van der Waals surface area (Å²) < 4.78 is 37.9. The minimum Gasteiger partial charge on any atom is -0.358 e. The average Bonchev–Trinajstić information content (AvgIpc) is 2.83. The minimum atomic E-state index is -4.22. The number of piperidine rings is 1. The summed E-state index contributed by atoms with van der Waals surface area (Å²) in [6.07, 6.45) is -4.40. The van der Waals surface area contributed by atoms with Crippen LogP contribution in [-0.4, -0.2) is 30.0 Å². The van der Waals surface area contributed by atoms with Crippen molar-refractivity contribution < 1.29 is 22.9 Å². The molecule has 0 aromatic carbocycles. The number of carbonyl (C=O) groups is 1. The summed E-state index contributed by atoms with van der Waals surface area (Å²) in [5.41, 5.74) is -0.212. The molecule has 0 bridgehead atoms. The van der Waals surface area contributed by atoms with Crippen LogP contribution in [0.5, 0.6) is 0 Å². The van der Waals surface area contributed by atoms with E-state index in [0.717, 1.165) is 11.3 Å². The molecule has 9 heteroatoms. The third-order valence-electron chi connectivity index (χ3n) is 3.48. The largest absolute Gasteiger partial charge is 0.391 e. The van der Waals surface area contributed by atoms with Gasteiger partial charge in [-0.25, -0.2) is 0 Å². The molecule has 1 aliphatic rings. The number of ketones is 1. The lowest BCUT2D eigenvalue weighted by atomic mass is 9.96. The molecular formula is C12H13F3N2O3S. The Balaban J connectivity index is 2.20. The number of halogens is 3. The van der Waals surface area contributed by atoms with Crippen molar-refractivity contribution in [1.29, 1.82) is 0 Å². The zero-order chi connectivity index (χ0) is 15.8. The lowest BCUT2D eigenvalue weighted by Crippen LogP contribution is -2.38. The second-order valence-electron chi connectivity index (χ2n) is 4.92. The van der Waals surface area contributed by atoms with E-state index >= 15 is 0 Å². The van der Waals surface area contributed by atoms with Crippen molar-refractivity contribution in [3.63, 3.8) is 0 Å². The molecule has 0 aliphatic carbocycles. The predicted octanol–water partition coefficient (Wildman–Crippen LogP) is 3.64. The van der Waals surface area contributed by atoms with Gasteiger partial charge in [0.05, 0.1) is 15.7 Å². The quantitative estimate of drug-likeness (QED) is 0.484. The number of carbonyl (C=O) groups excluding carboxylic acids is 1. The Morgan fingerprint density at radius 2 is 2.00 bits per heavy atom. The zero-order valence-electron chi connectivity index (χ0n) is 11.1. The summed E-state index contributed by atoms with van der Waals surface area (Å²) in [5, 5.41) is 11.3. The van der Waals surface area contributed by atoms with Crippen molar-refractivity contribution in [2.75, 3.05) is 18.0 Å². The van der Waals surface area contributed by atoms with Crippen LogP contribution >= 0.6 is 11.3 Å². The molecule has 1 aromatic heterocycles. The summed E-state index contributed by atoms with van der Waals surface area (Å²) >= 11 is 0.965. The fourth-order valence-corrected chi connectivity index (χ4v) is 3.38. The monoisotopic (exact) mass is 322 g/mol. The molecule has 5 nitrogen and oxygen atoms in total. The number of anilines is 1. The molecule has 1 saturated heterocycles. The summed E-state index contributed by atoms with van der Waals surface area (Å²) in [5.74, 6) is -1.65. The van der Waals surface area contributed by atoms with E-state index in [4.69, 9.17) is 0 Å². The lowest BCUT2D eigenvalue weighted by molar-refractivity contribution is -0.383. The zero-order valence-corrected chi connectivity index (χ0v) is 12.0. The standard InChI is InChI=1S/C12H13F3N2O3S/c1-7(18)10-6-9(17(19)20)11(21-10)16-4-2-8(3-5-16)12(13,14)15/h6,8H,2-5H2,1H3. The van der Waals surface area contributed by atoms with Gasteiger partial charge in [0.25, 0.3) is 0 Å². The van der Waals surface area contributed by atoms with E-state index < -0.39 is 17.0 Å². The van der Waals surface area contributed by atoms with E-state index in [1.54, 1.807) is 4.90 Å². The first-order valence-electron chi connectivity index (χ1n) is 6.31. The molecule has 1 fully saturated rings. The van der Waals surface area contributed by atoms with Gasteiger partial charge < -0.3 is 4.90 Å². The molecule has 2 rings (SSSR count). The summed E-state index contributed by atoms with van der Waals surface area (Å²) in [4.78, 5) is 23.5. The van der Waals surface area contributed by atoms with Gasteiger partial charge in [0.2, 0.25) is 0 Å². The normalized spacial score (nSPS) is 17.0. The molecule has 21 heavy (non-hydrogen) atoms. The Kier molecular flexibility index (Phi) is 4.22. The van der Waals surface area contributed by atoms with E-state index in [1.165, 1.54) is 13.0 Å². The molecule has 0 spiro atoms. The molecule has 1 aromatic rings. The van der Waals surface area contributed by atoms with Crippen LogP contribution in [0.25, 0.3) is 0 Å². The van der Waals surface area contributed by atoms with Crippen LogP contribution in [0.2, 0.25) is 0 Å². The fourth-order valence-electron chi connectivity index (χ4n) is 2.31. The molecule has 0 N–H and O–H groups in total. The average molecular weight is 322 g/mol. The van der Waals surface area contributed by atoms with Gasteiger partial charge in [0, 0.05) is 19.2 Å². The highest BCUT2D eigenvalue weighted by Crippen LogP contribution is 2.41. The number of thiophene rings is 1. The molecule has 0 radical (unpaired) electrons. The summed E-state index contributed by atoms with van der Waals surface area (Å²) in [6.45, 7) is 1.50. The van der Waals surface area contributed by atoms with E-state index in [0.29, 0.717) is 0 Å². The Labute approximate surface area is 122 Å². The molecule has 116 valence electrons. The summed E-state index contributed by atoms with van der Waals surface area (Å²) in [7, 11) is 0. The van der Waals surface area contributed by atoms with E-state index in [1.807, 2.05) is 0 Å². The van der Waals surface area contributed by atoms with Crippen molar-refractivity contribution >= 4 is 27.8 Å². The first kappa shape index (κ1) is 15.7. The smallest absolute Gasteiger partial charge is 0.358 e. The first-order chi connectivity index (χ1) is 9.70. The van der Waals surface area contributed by atoms with Gasteiger partial charge >= 0.3 is 11.9 Å². The Morgan fingerprint density at radius 1 is 1.43 bits per heavy atom. The second kappa shape index (κ2) is 5.63. The van der Waals surface area contributed by atoms with E-state index in [-0.39, 0.29) is 47.3 Å². The molecule has 2 heterocycles.